The van der Waals surface area contributed by atoms with Crippen LogP contribution in [0.1, 0.15) is 16.9 Å². The maximum atomic E-state index is 11.6. The number of amides is 1. The minimum absolute atomic E-state index is 0.0596. The Bertz CT molecular complexity index is 566. The molecule has 1 amide bonds. The molecule has 0 aliphatic carbocycles. The molecule has 1 aliphatic heterocycles. The zero-order chi connectivity index (χ0) is 16.7. The van der Waals surface area contributed by atoms with E-state index in [0.717, 1.165) is 19.5 Å². The molecule has 0 spiro atoms. The second kappa shape index (κ2) is 8.28. The lowest BCUT2D eigenvalue weighted by molar-refractivity contribution is -0.124. The summed E-state index contributed by atoms with van der Waals surface area (Å²) in [4.78, 5) is 33.0. The predicted octanol–water partition coefficient (Wildman–Crippen LogP) is -0.494. The van der Waals surface area contributed by atoms with Gasteiger partial charge in [-0.25, -0.2) is 14.8 Å². The van der Waals surface area contributed by atoms with Crippen molar-refractivity contribution in [2.75, 3.05) is 52.3 Å². The summed E-state index contributed by atoms with van der Waals surface area (Å²) in [6, 6.07) is 0. The van der Waals surface area contributed by atoms with Gasteiger partial charge in [0.1, 0.15) is 6.33 Å². The molecule has 2 heterocycles. The van der Waals surface area contributed by atoms with Crippen molar-refractivity contribution in [2.24, 2.45) is 0 Å². The van der Waals surface area contributed by atoms with Crippen LogP contribution in [-0.2, 0) is 9.53 Å². The van der Waals surface area contributed by atoms with Crippen molar-refractivity contribution in [1.29, 1.82) is 0 Å². The highest BCUT2D eigenvalue weighted by molar-refractivity contribution is 5.91. The molecule has 0 saturated carbocycles. The van der Waals surface area contributed by atoms with E-state index in [1.54, 1.807) is 0 Å². The average molecular weight is 323 g/mol. The fraction of sp³-hybridized carbons (Fsp3) is 0.571. The summed E-state index contributed by atoms with van der Waals surface area (Å²) in [6.45, 7) is 3.41. The van der Waals surface area contributed by atoms with Crippen LogP contribution in [0.25, 0.3) is 0 Å². The van der Waals surface area contributed by atoms with Gasteiger partial charge in [0.15, 0.2) is 17.3 Å². The predicted molar refractivity (Wildman–Crippen MR) is 82.5 cm³/mol. The Balaban J connectivity index is 1.88. The van der Waals surface area contributed by atoms with Crippen LogP contribution in [0.2, 0.25) is 0 Å². The van der Waals surface area contributed by atoms with Gasteiger partial charge < -0.3 is 20.1 Å². The number of piperazine rings is 1. The highest BCUT2D eigenvalue weighted by atomic mass is 16.5. The number of carbonyl (C=O) groups excluding carboxylic acids is 2. The number of hydrogen-bond donors (Lipinski definition) is 2. The van der Waals surface area contributed by atoms with Crippen molar-refractivity contribution in [3.63, 3.8) is 0 Å². The van der Waals surface area contributed by atoms with Crippen molar-refractivity contribution in [2.45, 2.75) is 6.42 Å². The quantitative estimate of drug-likeness (QED) is 0.511. The van der Waals surface area contributed by atoms with Gasteiger partial charge in [0, 0.05) is 26.2 Å². The zero-order valence-corrected chi connectivity index (χ0v) is 13.3. The summed E-state index contributed by atoms with van der Waals surface area (Å²) in [7, 11) is 2.73. The first-order chi connectivity index (χ1) is 11.2. The van der Waals surface area contributed by atoms with Gasteiger partial charge in [0.25, 0.3) is 0 Å². The third-order valence-corrected chi connectivity index (χ3v) is 3.45. The van der Waals surface area contributed by atoms with Gasteiger partial charge in [-0.3, -0.25) is 9.69 Å². The monoisotopic (exact) mass is 323 g/mol. The summed E-state index contributed by atoms with van der Waals surface area (Å²) in [5, 5.41) is 5.92. The Kier molecular flexibility index (Phi) is 6.10. The second-order valence-electron chi connectivity index (χ2n) is 5.00. The van der Waals surface area contributed by atoms with Gasteiger partial charge in [-0.2, -0.15) is 0 Å². The lowest BCUT2D eigenvalue weighted by Crippen LogP contribution is -2.47. The molecule has 0 aromatic carbocycles. The summed E-state index contributed by atoms with van der Waals surface area (Å²) in [6.07, 6.45) is 2.11. The molecule has 9 nitrogen and oxygen atoms in total. The Morgan fingerprint density at radius 3 is 2.96 bits per heavy atom. The van der Waals surface area contributed by atoms with E-state index in [-0.39, 0.29) is 17.4 Å². The Morgan fingerprint density at radius 2 is 2.26 bits per heavy atom. The van der Waals surface area contributed by atoms with Crippen molar-refractivity contribution < 1.29 is 19.1 Å². The summed E-state index contributed by atoms with van der Waals surface area (Å²) in [5.74, 6) is 0.187. The molecule has 0 atom stereocenters. The first kappa shape index (κ1) is 16.9. The molecule has 9 heteroatoms. The lowest BCUT2D eigenvalue weighted by atomic mass is 10.3. The van der Waals surface area contributed by atoms with Crippen LogP contribution in [0.5, 0.6) is 5.75 Å². The first-order valence-electron chi connectivity index (χ1n) is 7.36. The molecular formula is C14H21N5O4. The molecular weight excluding hydrogens is 302 g/mol. The van der Waals surface area contributed by atoms with E-state index in [9.17, 15) is 9.59 Å². The second-order valence-corrected chi connectivity index (χ2v) is 5.00. The van der Waals surface area contributed by atoms with E-state index >= 15 is 0 Å². The van der Waals surface area contributed by atoms with Crippen LogP contribution < -0.4 is 15.4 Å². The van der Waals surface area contributed by atoms with Crippen molar-refractivity contribution in [1.82, 2.24) is 20.2 Å². The Labute approximate surface area is 134 Å². The Morgan fingerprint density at radius 1 is 1.43 bits per heavy atom. The van der Waals surface area contributed by atoms with Gasteiger partial charge >= 0.3 is 5.97 Å². The smallest absolute Gasteiger partial charge is 0.360 e. The molecule has 1 aromatic rings. The SMILES string of the molecule is COC(=O)c1ncnc(NCCCN2CCNC(=O)C2)c1OC. The number of nitrogens with zero attached hydrogens (tertiary/aromatic N) is 3. The molecule has 126 valence electrons. The van der Waals surface area contributed by atoms with E-state index in [2.05, 4.69) is 30.2 Å². The highest BCUT2D eigenvalue weighted by Gasteiger charge is 2.19. The van der Waals surface area contributed by atoms with E-state index < -0.39 is 5.97 Å². The van der Waals surface area contributed by atoms with Crippen LogP contribution >= 0.6 is 0 Å². The number of ether oxygens (including phenoxy) is 2. The number of carbonyl (C=O) groups is 2. The third-order valence-electron chi connectivity index (χ3n) is 3.45. The molecule has 1 saturated heterocycles. The number of esters is 1. The first-order valence-corrected chi connectivity index (χ1v) is 7.36. The molecule has 2 rings (SSSR count). The highest BCUT2D eigenvalue weighted by Crippen LogP contribution is 2.24. The molecule has 0 bridgehead atoms. The normalized spacial score (nSPS) is 15.0. The van der Waals surface area contributed by atoms with Crippen LogP contribution in [0.15, 0.2) is 6.33 Å². The molecule has 1 aliphatic rings. The fourth-order valence-electron chi connectivity index (χ4n) is 2.33. The van der Waals surface area contributed by atoms with Crippen molar-refractivity contribution in [3.8, 4) is 5.75 Å². The molecule has 1 aromatic heterocycles. The van der Waals surface area contributed by atoms with Gasteiger partial charge in [-0.15, -0.1) is 0 Å². The average Bonchev–Trinajstić information content (AvgIpc) is 2.57. The summed E-state index contributed by atoms with van der Waals surface area (Å²) < 4.78 is 9.88. The van der Waals surface area contributed by atoms with Gasteiger partial charge in [-0.05, 0) is 6.42 Å². The van der Waals surface area contributed by atoms with E-state index in [4.69, 9.17) is 4.74 Å². The maximum absolute atomic E-state index is 11.6. The van der Waals surface area contributed by atoms with E-state index in [1.165, 1.54) is 20.5 Å². The van der Waals surface area contributed by atoms with Gasteiger partial charge in [-0.1, -0.05) is 0 Å². The van der Waals surface area contributed by atoms with Gasteiger partial charge in [0.05, 0.1) is 20.8 Å². The molecule has 23 heavy (non-hydrogen) atoms. The number of anilines is 1. The zero-order valence-electron chi connectivity index (χ0n) is 13.3. The number of rotatable bonds is 7. The number of hydrogen-bond acceptors (Lipinski definition) is 8. The van der Waals surface area contributed by atoms with Gasteiger partial charge in [0.2, 0.25) is 5.91 Å². The largest absolute Gasteiger partial charge is 0.491 e. The van der Waals surface area contributed by atoms with E-state index in [1.807, 2.05) is 0 Å². The van der Waals surface area contributed by atoms with Crippen molar-refractivity contribution >= 4 is 17.7 Å². The number of aromatic nitrogens is 2. The minimum atomic E-state index is -0.577. The van der Waals surface area contributed by atoms with Crippen LogP contribution in [0.3, 0.4) is 0 Å². The third kappa shape index (κ3) is 4.52. The standard InChI is InChI=1S/C14H21N5O4/c1-22-12-11(14(21)23-2)17-9-18-13(12)16-4-3-6-19-7-5-15-10(20)8-19/h9H,3-8H2,1-2H3,(H,15,20)(H,16,17,18). The maximum Gasteiger partial charge on any atom is 0.360 e. The lowest BCUT2D eigenvalue weighted by Gasteiger charge is -2.26. The Hall–Kier alpha value is -2.42. The number of methoxy groups -OCH3 is 2. The van der Waals surface area contributed by atoms with Crippen molar-refractivity contribution in [3.05, 3.63) is 12.0 Å². The minimum Gasteiger partial charge on any atom is -0.491 e. The van der Waals surface area contributed by atoms with Crippen LogP contribution in [0, 0.1) is 0 Å². The molecule has 0 unspecified atom stereocenters. The van der Waals surface area contributed by atoms with Crippen LogP contribution in [0.4, 0.5) is 5.82 Å². The van der Waals surface area contributed by atoms with E-state index in [0.29, 0.717) is 25.5 Å². The topological polar surface area (TPSA) is 106 Å². The van der Waals surface area contributed by atoms with Crippen LogP contribution in [-0.4, -0.2) is 73.7 Å². The molecule has 0 radical (unpaired) electrons. The number of nitrogens with one attached hydrogen (secondary N) is 2. The summed E-state index contributed by atoms with van der Waals surface area (Å²) in [5.41, 5.74) is 0.0835. The fourth-order valence-corrected chi connectivity index (χ4v) is 2.33. The summed E-state index contributed by atoms with van der Waals surface area (Å²) >= 11 is 0. The molecule has 1 fully saturated rings. The molecule has 2 N–H and O–H groups in total.